The van der Waals surface area contributed by atoms with E-state index in [1.165, 1.54) is 5.56 Å². The van der Waals surface area contributed by atoms with Gasteiger partial charge in [-0.15, -0.1) is 0 Å². The number of unbranched alkanes of at least 4 members (excludes halogenated alkanes) is 1. The number of nitrogens with zero attached hydrogens (tertiary/aromatic N) is 1. The first-order valence-electron chi connectivity index (χ1n) is 9.41. The lowest BCUT2D eigenvalue weighted by Gasteiger charge is -2.07. The van der Waals surface area contributed by atoms with E-state index in [4.69, 9.17) is 4.42 Å². The molecule has 3 rings (SSSR count). The summed E-state index contributed by atoms with van der Waals surface area (Å²) in [6.07, 6.45) is 3.58. The molecule has 4 heteroatoms. The number of aromatic nitrogens is 1. The fraction of sp³-hybridized carbons (Fsp3) is 0.364. The van der Waals surface area contributed by atoms with Gasteiger partial charge in [0.05, 0.1) is 0 Å². The lowest BCUT2D eigenvalue weighted by atomic mass is 9.98. The van der Waals surface area contributed by atoms with E-state index in [0.29, 0.717) is 18.2 Å². The lowest BCUT2D eigenvalue weighted by molar-refractivity contribution is -0.116. The van der Waals surface area contributed by atoms with Gasteiger partial charge in [-0.3, -0.25) is 4.79 Å². The molecule has 0 saturated carbocycles. The first kappa shape index (κ1) is 18.2. The van der Waals surface area contributed by atoms with Gasteiger partial charge in [0.1, 0.15) is 5.52 Å². The predicted molar refractivity (Wildman–Crippen MR) is 106 cm³/mol. The second-order valence-electron chi connectivity index (χ2n) is 6.78. The van der Waals surface area contributed by atoms with Crippen LogP contribution in [-0.2, 0) is 4.79 Å². The Morgan fingerprint density at radius 1 is 1.15 bits per heavy atom. The van der Waals surface area contributed by atoms with Crippen LogP contribution >= 0.6 is 0 Å². The van der Waals surface area contributed by atoms with Crippen molar-refractivity contribution in [1.82, 2.24) is 4.98 Å². The van der Waals surface area contributed by atoms with Gasteiger partial charge in [-0.2, -0.15) is 0 Å². The molecule has 0 radical (unpaired) electrons. The molecule has 0 spiro atoms. The molecule has 1 amide bonds. The summed E-state index contributed by atoms with van der Waals surface area (Å²) in [4.78, 5) is 16.5. The maximum atomic E-state index is 11.8. The number of carbonyl (C=O) groups excluding carboxylic acids is 1. The third kappa shape index (κ3) is 4.13. The van der Waals surface area contributed by atoms with Gasteiger partial charge in [0.25, 0.3) is 0 Å². The van der Waals surface area contributed by atoms with E-state index in [9.17, 15) is 4.79 Å². The number of fused-ring (bicyclic) bond motifs is 1. The molecule has 0 fully saturated rings. The minimum absolute atomic E-state index is 0.0547. The van der Waals surface area contributed by atoms with E-state index in [0.717, 1.165) is 41.6 Å². The minimum Gasteiger partial charge on any atom is -0.436 e. The Balaban J connectivity index is 1.77. The van der Waals surface area contributed by atoms with Crippen molar-refractivity contribution in [3.63, 3.8) is 0 Å². The first-order chi connectivity index (χ1) is 12.6. The van der Waals surface area contributed by atoms with Crippen LogP contribution in [0.5, 0.6) is 0 Å². The number of oxazole rings is 1. The van der Waals surface area contributed by atoms with Crippen molar-refractivity contribution in [3.8, 4) is 11.5 Å². The molecule has 3 aromatic rings. The largest absolute Gasteiger partial charge is 0.436 e. The Hall–Kier alpha value is -2.62. The maximum Gasteiger partial charge on any atom is 0.227 e. The molecule has 2 aromatic carbocycles. The van der Waals surface area contributed by atoms with Crippen LogP contribution in [0, 0.1) is 0 Å². The molecule has 1 heterocycles. The van der Waals surface area contributed by atoms with Crippen molar-refractivity contribution in [2.45, 2.75) is 52.4 Å². The van der Waals surface area contributed by atoms with Gasteiger partial charge in [0.2, 0.25) is 11.8 Å². The number of rotatable bonds is 7. The van der Waals surface area contributed by atoms with E-state index in [2.05, 4.69) is 43.2 Å². The SMILES string of the molecule is CCCCC(=O)Nc1ccc(-c2nc3cc(C(C)CC)ccc3o2)cc1. The van der Waals surface area contributed by atoms with Crippen LogP contribution in [0.25, 0.3) is 22.6 Å². The van der Waals surface area contributed by atoms with Crippen LogP contribution in [-0.4, -0.2) is 10.9 Å². The van der Waals surface area contributed by atoms with Gasteiger partial charge >= 0.3 is 0 Å². The van der Waals surface area contributed by atoms with Crippen LogP contribution in [0.4, 0.5) is 5.69 Å². The van der Waals surface area contributed by atoms with Gasteiger partial charge in [-0.25, -0.2) is 4.98 Å². The number of nitrogens with one attached hydrogen (secondary N) is 1. The maximum absolute atomic E-state index is 11.8. The average molecular weight is 350 g/mol. The molecule has 0 aliphatic heterocycles. The molecule has 1 aromatic heterocycles. The van der Waals surface area contributed by atoms with Crippen molar-refractivity contribution in [2.75, 3.05) is 5.32 Å². The van der Waals surface area contributed by atoms with Gasteiger partial charge in [-0.05, 0) is 60.7 Å². The van der Waals surface area contributed by atoms with Gasteiger partial charge in [0, 0.05) is 17.7 Å². The number of anilines is 1. The highest BCUT2D eigenvalue weighted by Gasteiger charge is 2.11. The third-order valence-electron chi connectivity index (χ3n) is 4.77. The molecule has 0 aliphatic carbocycles. The van der Waals surface area contributed by atoms with E-state index in [1.807, 2.05) is 30.3 Å². The number of hydrogen-bond donors (Lipinski definition) is 1. The molecule has 1 unspecified atom stereocenters. The van der Waals surface area contributed by atoms with E-state index in [1.54, 1.807) is 0 Å². The third-order valence-corrected chi connectivity index (χ3v) is 4.77. The summed E-state index contributed by atoms with van der Waals surface area (Å²) in [6, 6.07) is 13.8. The van der Waals surface area contributed by atoms with Gasteiger partial charge < -0.3 is 9.73 Å². The molecule has 4 nitrogen and oxygen atoms in total. The smallest absolute Gasteiger partial charge is 0.227 e. The van der Waals surface area contributed by atoms with Crippen molar-refractivity contribution in [3.05, 3.63) is 48.0 Å². The van der Waals surface area contributed by atoms with Gasteiger partial charge in [-0.1, -0.05) is 33.3 Å². The summed E-state index contributed by atoms with van der Waals surface area (Å²) >= 11 is 0. The molecule has 0 saturated heterocycles. The van der Waals surface area contributed by atoms with E-state index in [-0.39, 0.29) is 5.91 Å². The highest BCUT2D eigenvalue weighted by molar-refractivity contribution is 5.90. The summed E-state index contributed by atoms with van der Waals surface area (Å²) < 4.78 is 5.90. The zero-order valence-corrected chi connectivity index (χ0v) is 15.7. The minimum atomic E-state index is 0.0547. The second-order valence-corrected chi connectivity index (χ2v) is 6.78. The predicted octanol–water partition coefficient (Wildman–Crippen LogP) is 6.14. The van der Waals surface area contributed by atoms with Crippen LogP contribution in [0.2, 0.25) is 0 Å². The van der Waals surface area contributed by atoms with Crippen molar-refractivity contribution >= 4 is 22.7 Å². The Labute approximate surface area is 154 Å². The molecule has 1 N–H and O–H groups in total. The molecule has 26 heavy (non-hydrogen) atoms. The second kappa shape index (κ2) is 8.17. The molecule has 0 aliphatic rings. The number of hydrogen-bond acceptors (Lipinski definition) is 3. The molecule has 0 bridgehead atoms. The number of benzene rings is 2. The zero-order chi connectivity index (χ0) is 18.5. The van der Waals surface area contributed by atoms with E-state index >= 15 is 0 Å². The number of amides is 1. The van der Waals surface area contributed by atoms with E-state index < -0.39 is 0 Å². The summed E-state index contributed by atoms with van der Waals surface area (Å²) in [7, 11) is 0. The normalized spacial score (nSPS) is 12.3. The van der Waals surface area contributed by atoms with Crippen LogP contribution in [0.1, 0.15) is 57.9 Å². The summed E-state index contributed by atoms with van der Waals surface area (Å²) in [5, 5.41) is 2.92. The molecular weight excluding hydrogens is 324 g/mol. The Bertz CT molecular complexity index is 881. The summed E-state index contributed by atoms with van der Waals surface area (Å²) in [6.45, 7) is 6.48. The topological polar surface area (TPSA) is 55.1 Å². The summed E-state index contributed by atoms with van der Waals surface area (Å²) in [5.41, 5.74) is 4.66. The fourth-order valence-electron chi connectivity index (χ4n) is 2.87. The molecule has 136 valence electrons. The van der Waals surface area contributed by atoms with Crippen LogP contribution < -0.4 is 5.32 Å². The highest BCUT2D eigenvalue weighted by atomic mass is 16.3. The molecule has 1 atom stereocenters. The molecular formula is C22H26N2O2. The standard InChI is InChI=1S/C22H26N2O2/c1-4-6-7-21(25)23-18-11-8-16(9-12-18)22-24-19-14-17(15(3)5-2)10-13-20(19)26-22/h8-15H,4-7H2,1-3H3,(H,23,25). The lowest BCUT2D eigenvalue weighted by Crippen LogP contribution is -2.10. The zero-order valence-electron chi connectivity index (χ0n) is 15.7. The van der Waals surface area contributed by atoms with Crippen molar-refractivity contribution < 1.29 is 9.21 Å². The Morgan fingerprint density at radius 2 is 1.92 bits per heavy atom. The van der Waals surface area contributed by atoms with Crippen LogP contribution in [0.15, 0.2) is 46.9 Å². The highest BCUT2D eigenvalue weighted by Crippen LogP contribution is 2.28. The first-order valence-corrected chi connectivity index (χ1v) is 9.41. The fourth-order valence-corrected chi connectivity index (χ4v) is 2.87. The Morgan fingerprint density at radius 3 is 2.62 bits per heavy atom. The Kier molecular flexibility index (Phi) is 5.71. The quantitative estimate of drug-likeness (QED) is 0.557. The summed E-state index contributed by atoms with van der Waals surface area (Å²) in [5.74, 6) is 1.17. The van der Waals surface area contributed by atoms with Crippen molar-refractivity contribution in [2.24, 2.45) is 0 Å². The van der Waals surface area contributed by atoms with Gasteiger partial charge in [0.15, 0.2) is 5.58 Å². The van der Waals surface area contributed by atoms with Crippen molar-refractivity contribution in [1.29, 1.82) is 0 Å². The monoisotopic (exact) mass is 350 g/mol. The van der Waals surface area contributed by atoms with Crippen LogP contribution in [0.3, 0.4) is 0 Å². The number of carbonyl (C=O) groups is 1. The average Bonchev–Trinajstić information content (AvgIpc) is 3.09.